The van der Waals surface area contributed by atoms with E-state index < -0.39 is 0 Å². The fourth-order valence-corrected chi connectivity index (χ4v) is 6.19. The molecule has 7 heteroatoms. The second-order valence-corrected chi connectivity index (χ2v) is 10.1. The molecule has 0 aliphatic carbocycles. The van der Waals surface area contributed by atoms with E-state index in [9.17, 15) is 14.0 Å². The zero-order valence-corrected chi connectivity index (χ0v) is 20.6. The molecule has 0 atom stereocenters. The zero-order chi connectivity index (χ0) is 24.6. The first-order valence-electron chi connectivity index (χ1n) is 12.7. The third kappa shape index (κ3) is 4.42. The predicted octanol–water partition coefficient (Wildman–Crippen LogP) is 4.81. The van der Waals surface area contributed by atoms with Gasteiger partial charge < -0.3 is 19.4 Å². The Labute approximate surface area is 206 Å². The van der Waals surface area contributed by atoms with Crippen molar-refractivity contribution in [2.45, 2.75) is 51.0 Å². The third-order valence-electron chi connectivity index (χ3n) is 8.15. The van der Waals surface area contributed by atoms with Crippen LogP contribution in [0.3, 0.4) is 0 Å². The van der Waals surface area contributed by atoms with Crippen LogP contribution in [-0.2, 0) is 14.9 Å². The Morgan fingerprint density at radius 1 is 1.06 bits per heavy atom. The van der Waals surface area contributed by atoms with E-state index in [0.717, 1.165) is 63.1 Å². The van der Waals surface area contributed by atoms with Crippen LogP contribution in [0.15, 0.2) is 42.5 Å². The van der Waals surface area contributed by atoms with Crippen molar-refractivity contribution in [3.8, 4) is 11.1 Å². The van der Waals surface area contributed by atoms with Gasteiger partial charge in [0.2, 0.25) is 5.91 Å². The minimum absolute atomic E-state index is 0.0514. The molecule has 3 heterocycles. The summed E-state index contributed by atoms with van der Waals surface area (Å²) < 4.78 is 19.7. The van der Waals surface area contributed by atoms with Gasteiger partial charge in [-0.3, -0.25) is 4.79 Å². The first-order chi connectivity index (χ1) is 16.9. The van der Waals surface area contributed by atoms with Gasteiger partial charge >= 0.3 is 6.09 Å². The van der Waals surface area contributed by atoms with Gasteiger partial charge in [0.05, 0.1) is 6.61 Å². The number of ether oxygens (including phenoxy) is 1. The molecule has 0 saturated carbocycles. The van der Waals surface area contributed by atoms with Gasteiger partial charge in [0.15, 0.2) is 0 Å². The number of benzene rings is 2. The average molecular weight is 480 g/mol. The molecule has 5 rings (SSSR count). The molecule has 0 aromatic heterocycles. The van der Waals surface area contributed by atoms with Gasteiger partial charge in [0.1, 0.15) is 5.82 Å². The lowest BCUT2D eigenvalue weighted by atomic mass is 9.73. The van der Waals surface area contributed by atoms with Gasteiger partial charge in [0, 0.05) is 49.3 Å². The highest BCUT2D eigenvalue weighted by Crippen LogP contribution is 2.49. The molecule has 2 aromatic rings. The Morgan fingerprint density at radius 2 is 1.77 bits per heavy atom. The summed E-state index contributed by atoms with van der Waals surface area (Å²) in [6.45, 7) is 7.94. The number of fused-ring (bicyclic) bond motifs is 2. The van der Waals surface area contributed by atoms with E-state index in [4.69, 9.17) is 4.74 Å². The summed E-state index contributed by atoms with van der Waals surface area (Å²) in [6, 6.07) is 13.4. The average Bonchev–Trinajstić information content (AvgIpc) is 3.19. The van der Waals surface area contributed by atoms with Crippen molar-refractivity contribution < 1.29 is 18.7 Å². The monoisotopic (exact) mass is 479 g/mol. The molecule has 2 amide bonds. The lowest BCUT2D eigenvalue weighted by Gasteiger charge is -2.45. The smallest absolute Gasteiger partial charge is 0.409 e. The molecule has 3 aliphatic rings. The molecule has 0 unspecified atom stereocenters. The van der Waals surface area contributed by atoms with Gasteiger partial charge in [0.25, 0.3) is 0 Å². The van der Waals surface area contributed by atoms with Crippen molar-refractivity contribution >= 4 is 17.7 Å². The molecular weight excluding hydrogens is 445 g/mol. The third-order valence-corrected chi connectivity index (χ3v) is 8.15. The Kier molecular flexibility index (Phi) is 6.53. The lowest BCUT2D eigenvalue weighted by Crippen LogP contribution is -2.52. The van der Waals surface area contributed by atoms with Crippen molar-refractivity contribution in [3.05, 3.63) is 53.8 Å². The molecule has 0 bridgehead atoms. The number of piperidine rings is 2. The Balaban J connectivity index is 1.33. The number of likely N-dealkylation sites (tertiary alicyclic amines) is 2. The topological polar surface area (TPSA) is 53.1 Å². The van der Waals surface area contributed by atoms with Crippen molar-refractivity contribution in [2.75, 3.05) is 44.2 Å². The number of anilines is 1. The summed E-state index contributed by atoms with van der Waals surface area (Å²) in [4.78, 5) is 30.8. The van der Waals surface area contributed by atoms with Crippen molar-refractivity contribution in [1.82, 2.24) is 9.80 Å². The number of halogens is 1. The highest BCUT2D eigenvalue weighted by Gasteiger charge is 2.46. The van der Waals surface area contributed by atoms with E-state index in [0.29, 0.717) is 24.8 Å². The second-order valence-electron chi connectivity index (χ2n) is 10.1. The first kappa shape index (κ1) is 23.8. The number of nitrogens with zero attached hydrogens (tertiary/aromatic N) is 3. The molecule has 1 spiro atoms. The normalized spacial score (nSPS) is 20.2. The van der Waals surface area contributed by atoms with Gasteiger partial charge in [-0.15, -0.1) is 0 Å². The van der Waals surface area contributed by atoms with Crippen LogP contribution in [0.2, 0.25) is 0 Å². The Bertz CT molecular complexity index is 1100. The van der Waals surface area contributed by atoms with E-state index in [-0.39, 0.29) is 23.2 Å². The molecule has 0 N–H and O–H groups in total. The Morgan fingerprint density at radius 3 is 2.43 bits per heavy atom. The van der Waals surface area contributed by atoms with Crippen molar-refractivity contribution in [2.24, 2.45) is 0 Å². The molecule has 186 valence electrons. The largest absolute Gasteiger partial charge is 0.450 e. The minimum Gasteiger partial charge on any atom is -0.450 e. The van der Waals surface area contributed by atoms with Gasteiger partial charge in [-0.05, 0) is 75.0 Å². The Hall–Kier alpha value is -2.93. The number of rotatable bonds is 3. The lowest BCUT2D eigenvalue weighted by molar-refractivity contribution is -0.116. The maximum atomic E-state index is 14.5. The summed E-state index contributed by atoms with van der Waals surface area (Å²) in [5.74, 6) is -0.178. The molecule has 2 saturated heterocycles. The summed E-state index contributed by atoms with van der Waals surface area (Å²) in [5, 5.41) is 0. The highest BCUT2D eigenvalue weighted by atomic mass is 19.1. The zero-order valence-electron chi connectivity index (χ0n) is 20.6. The maximum Gasteiger partial charge on any atom is 0.409 e. The molecule has 6 nitrogen and oxygen atoms in total. The number of carbonyl (C=O) groups is 2. The maximum absolute atomic E-state index is 14.5. The first-order valence-corrected chi connectivity index (χ1v) is 12.7. The fourth-order valence-electron chi connectivity index (χ4n) is 6.19. The van der Waals surface area contributed by atoms with Crippen LogP contribution in [0.4, 0.5) is 14.9 Å². The minimum atomic E-state index is -0.230. The van der Waals surface area contributed by atoms with Crippen LogP contribution in [0, 0.1) is 5.82 Å². The fraction of sp³-hybridized carbons (Fsp3) is 0.500. The van der Waals surface area contributed by atoms with Crippen LogP contribution in [-0.4, -0.2) is 67.2 Å². The molecule has 2 fully saturated rings. The number of amides is 2. The summed E-state index contributed by atoms with van der Waals surface area (Å²) in [5.41, 5.74) is 3.49. The summed E-state index contributed by atoms with van der Waals surface area (Å²) >= 11 is 0. The van der Waals surface area contributed by atoms with E-state index in [1.54, 1.807) is 13.0 Å². The SMILES string of the molecule is CCOC(=O)N1CCC(N2CCC3(CC2)CN(C(C)=O)c2ccc(-c4ccccc4F)cc23)CC1. The van der Waals surface area contributed by atoms with Crippen LogP contribution >= 0.6 is 0 Å². The summed E-state index contributed by atoms with van der Waals surface area (Å²) in [6.07, 6.45) is 3.63. The van der Waals surface area contributed by atoms with Crippen LogP contribution < -0.4 is 4.90 Å². The van der Waals surface area contributed by atoms with E-state index in [2.05, 4.69) is 11.0 Å². The highest BCUT2D eigenvalue weighted by molar-refractivity contribution is 5.95. The second kappa shape index (κ2) is 9.61. The number of carbonyl (C=O) groups excluding carboxylic acids is 2. The number of hydrogen-bond donors (Lipinski definition) is 0. The van der Waals surface area contributed by atoms with Crippen molar-refractivity contribution in [3.63, 3.8) is 0 Å². The van der Waals surface area contributed by atoms with Gasteiger partial charge in [-0.1, -0.05) is 24.3 Å². The van der Waals surface area contributed by atoms with Crippen molar-refractivity contribution in [1.29, 1.82) is 0 Å². The molecule has 3 aliphatic heterocycles. The van der Waals surface area contributed by atoms with Crippen LogP contribution in [0.1, 0.15) is 45.1 Å². The van der Waals surface area contributed by atoms with Gasteiger partial charge in [-0.2, -0.15) is 0 Å². The molecular formula is C28H34FN3O3. The van der Waals surface area contributed by atoms with E-state index in [1.165, 1.54) is 11.6 Å². The predicted molar refractivity (Wildman–Crippen MR) is 134 cm³/mol. The van der Waals surface area contributed by atoms with Crippen LogP contribution in [0.25, 0.3) is 11.1 Å². The van der Waals surface area contributed by atoms with Crippen LogP contribution in [0.5, 0.6) is 0 Å². The molecule has 2 aromatic carbocycles. The number of hydrogen-bond acceptors (Lipinski definition) is 4. The van der Waals surface area contributed by atoms with Gasteiger partial charge in [-0.25, -0.2) is 9.18 Å². The standard InChI is InChI=1S/C28H34FN3O3/c1-3-35-27(34)31-14-10-22(11-15-31)30-16-12-28(13-17-30)19-32(20(2)33)26-9-8-21(18-24(26)28)23-6-4-5-7-25(23)29/h4-9,18,22H,3,10-17,19H2,1-2H3. The quantitative estimate of drug-likeness (QED) is 0.634. The van der Waals surface area contributed by atoms with E-state index >= 15 is 0 Å². The molecule has 35 heavy (non-hydrogen) atoms. The van der Waals surface area contributed by atoms with E-state index in [1.807, 2.05) is 41.0 Å². The summed E-state index contributed by atoms with van der Waals surface area (Å²) in [7, 11) is 0. The molecule has 0 radical (unpaired) electrons.